The number of aromatic nitrogens is 2. The Kier molecular flexibility index (Phi) is 4.51. The molecule has 0 radical (unpaired) electrons. The SMILES string of the molecule is CCOC(=O)CSc1nnc(-c2ccc(F)cc2)o1. The van der Waals surface area contributed by atoms with E-state index in [4.69, 9.17) is 9.15 Å². The number of carbonyl (C=O) groups excluding carboxylic acids is 1. The summed E-state index contributed by atoms with van der Waals surface area (Å²) in [6, 6.07) is 5.71. The molecule has 0 bridgehead atoms. The topological polar surface area (TPSA) is 65.2 Å². The normalized spacial score (nSPS) is 10.4. The molecule has 0 spiro atoms. The Bertz CT molecular complexity index is 556. The lowest BCUT2D eigenvalue weighted by Gasteiger charge is -1.98. The molecule has 1 heterocycles. The van der Waals surface area contributed by atoms with Crippen LogP contribution in [0.5, 0.6) is 0 Å². The minimum absolute atomic E-state index is 0.110. The third-order valence-corrected chi connectivity index (χ3v) is 2.91. The number of halogens is 1. The zero-order valence-corrected chi connectivity index (χ0v) is 10.9. The van der Waals surface area contributed by atoms with Crippen molar-refractivity contribution in [1.82, 2.24) is 10.2 Å². The van der Waals surface area contributed by atoms with Crippen LogP contribution in [0.4, 0.5) is 4.39 Å². The summed E-state index contributed by atoms with van der Waals surface area (Å²) < 4.78 is 22.9. The van der Waals surface area contributed by atoms with Gasteiger partial charge in [0.1, 0.15) is 11.6 Å². The number of esters is 1. The highest BCUT2D eigenvalue weighted by molar-refractivity contribution is 7.99. The zero-order chi connectivity index (χ0) is 13.7. The molecule has 0 aliphatic carbocycles. The Hall–Kier alpha value is -1.89. The van der Waals surface area contributed by atoms with Crippen LogP contribution in [0.1, 0.15) is 6.92 Å². The van der Waals surface area contributed by atoms with Crippen molar-refractivity contribution in [2.45, 2.75) is 12.1 Å². The van der Waals surface area contributed by atoms with Gasteiger partial charge in [-0.1, -0.05) is 11.8 Å². The minimum Gasteiger partial charge on any atom is -0.465 e. The zero-order valence-electron chi connectivity index (χ0n) is 10.1. The molecule has 0 saturated heterocycles. The van der Waals surface area contributed by atoms with E-state index >= 15 is 0 Å². The summed E-state index contributed by atoms with van der Waals surface area (Å²) >= 11 is 1.10. The summed E-state index contributed by atoms with van der Waals surface area (Å²) in [4.78, 5) is 11.2. The van der Waals surface area contributed by atoms with Gasteiger partial charge in [-0.05, 0) is 31.2 Å². The largest absolute Gasteiger partial charge is 0.465 e. The molecule has 0 unspecified atom stereocenters. The van der Waals surface area contributed by atoms with Crippen LogP contribution < -0.4 is 0 Å². The highest BCUT2D eigenvalue weighted by Gasteiger charge is 2.11. The Balaban J connectivity index is 1.99. The predicted octanol–water partition coefficient (Wildman–Crippen LogP) is 2.53. The smallest absolute Gasteiger partial charge is 0.316 e. The number of thioether (sulfide) groups is 1. The first kappa shape index (κ1) is 13.5. The van der Waals surface area contributed by atoms with Gasteiger partial charge in [0, 0.05) is 5.56 Å². The maximum absolute atomic E-state index is 12.8. The molecule has 2 rings (SSSR count). The lowest BCUT2D eigenvalue weighted by molar-refractivity contribution is -0.139. The number of carbonyl (C=O) groups is 1. The second-order valence-corrected chi connectivity index (χ2v) is 4.40. The number of hydrogen-bond acceptors (Lipinski definition) is 6. The fraction of sp³-hybridized carbons (Fsp3) is 0.250. The lowest BCUT2D eigenvalue weighted by atomic mass is 10.2. The van der Waals surface area contributed by atoms with Crippen molar-refractivity contribution in [1.29, 1.82) is 0 Å². The van der Waals surface area contributed by atoms with E-state index in [1.807, 2.05) is 0 Å². The van der Waals surface area contributed by atoms with Gasteiger partial charge in [0.05, 0.1) is 6.61 Å². The molecular weight excluding hydrogens is 271 g/mol. The second kappa shape index (κ2) is 6.33. The molecule has 0 aliphatic rings. The van der Waals surface area contributed by atoms with E-state index < -0.39 is 0 Å². The van der Waals surface area contributed by atoms with E-state index in [1.54, 1.807) is 19.1 Å². The molecule has 1 aromatic heterocycles. The summed E-state index contributed by atoms with van der Waals surface area (Å²) in [5, 5.41) is 7.89. The van der Waals surface area contributed by atoms with Crippen LogP contribution in [0.3, 0.4) is 0 Å². The molecule has 0 N–H and O–H groups in total. The summed E-state index contributed by atoms with van der Waals surface area (Å²) in [6.07, 6.45) is 0. The number of ether oxygens (including phenoxy) is 1. The van der Waals surface area contributed by atoms with Gasteiger partial charge in [-0.15, -0.1) is 10.2 Å². The quantitative estimate of drug-likeness (QED) is 0.620. The van der Waals surface area contributed by atoms with E-state index in [1.165, 1.54) is 12.1 Å². The summed E-state index contributed by atoms with van der Waals surface area (Å²) in [7, 11) is 0. The molecule has 19 heavy (non-hydrogen) atoms. The van der Waals surface area contributed by atoms with E-state index in [-0.39, 0.29) is 28.7 Å². The fourth-order valence-corrected chi connectivity index (χ4v) is 1.86. The van der Waals surface area contributed by atoms with Crippen molar-refractivity contribution in [2.75, 3.05) is 12.4 Å². The standard InChI is InChI=1S/C12H11FN2O3S/c1-2-17-10(16)7-19-12-15-14-11(18-12)8-3-5-9(13)6-4-8/h3-6H,2,7H2,1H3. The predicted molar refractivity (Wildman–Crippen MR) is 67.0 cm³/mol. The Morgan fingerprint density at radius 3 is 2.79 bits per heavy atom. The van der Waals surface area contributed by atoms with Crippen LogP contribution in [0.25, 0.3) is 11.5 Å². The van der Waals surface area contributed by atoms with Crippen LogP contribution >= 0.6 is 11.8 Å². The number of benzene rings is 1. The van der Waals surface area contributed by atoms with Crippen LogP contribution in [0, 0.1) is 5.82 Å². The van der Waals surface area contributed by atoms with Gasteiger partial charge < -0.3 is 9.15 Å². The van der Waals surface area contributed by atoms with Gasteiger partial charge in [-0.2, -0.15) is 0 Å². The van der Waals surface area contributed by atoms with Crippen molar-refractivity contribution in [3.8, 4) is 11.5 Å². The summed E-state index contributed by atoms with van der Waals surface area (Å²) in [5.74, 6) is -0.278. The van der Waals surface area contributed by atoms with Crippen LogP contribution in [0.2, 0.25) is 0 Å². The molecule has 1 aromatic carbocycles. The number of rotatable bonds is 5. The molecule has 7 heteroatoms. The average molecular weight is 282 g/mol. The van der Waals surface area contributed by atoms with Gasteiger partial charge in [0.25, 0.3) is 5.22 Å². The third-order valence-electron chi connectivity index (χ3n) is 2.12. The van der Waals surface area contributed by atoms with Gasteiger partial charge in [-0.25, -0.2) is 4.39 Å². The minimum atomic E-state index is -0.339. The number of nitrogens with zero attached hydrogens (tertiary/aromatic N) is 2. The Labute approximate surface area is 113 Å². The molecule has 0 fully saturated rings. The molecule has 0 saturated carbocycles. The van der Waals surface area contributed by atoms with E-state index in [9.17, 15) is 9.18 Å². The maximum atomic E-state index is 12.8. The summed E-state index contributed by atoms with van der Waals surface area (Å²) in [5.41, 5.74) is 0.622. The monoisotopic (exact) mass is 282 g/mol. The van der Waals surface area contributed by atoms with Gasteiger partial charge >= 0.3 is 5.97 Å². The van der Waals surface area contributed by atoms with Crippen molar-refractivity contribution in [3.05, 3.63) is 30.1 Å². The van der Waals surface area contributed by atoms with Crippen molar-refractivity contribution in [2.24, 2.45) is 0 Å². The van der Waals surface area contributed by atoms with Gasteiger partial charge in [-0.3, -0.25) is 4.79 Å². The van der Waals surface area contributed by atoms with Crippen molar-refractivity contribution in [3.63, 3.8) is 0 Å². The van der Waals surface area contributed by atoms with E-state index in [0.29, 0.717) is 12.2 Å². The first-order chi connectivity index (χ1) is 9.19. The van der Waals surface area contributed by atoms with Crippen LogP contribution in [-0.4, -0.2) is 28.5 Å². The average Bonchev–Trinajstić information content (AvgIpc) is 2.86. The Morgan fingerprint density at radius 2 is 2.11 bits per heavy atom. The molecular formula is C12H11FN2O3S. The molecule has 2 aromatic rings. The fourth-order valence-electron chi connectivity index (χ4n) is 1.30. The first-order valence-electron chi connectivity index (χ1n) is 5.57. The molecule has 0 atom stereocenters. The Morgan fingerprint density at radius 1 is 1.37 bits per heavy atom. The lowest BCUT2D eigenvalue weighted by Crippen LogP contribution is -2.06. The van der Waals surface area contributed by atoms with Crippen molar-refractivity contribution >= 4 is 17.7 Å². The molecule has 5 nitrogen and oxygen atoms in total. The first-order valence-corrected chi connectivity index (χ1v) is 6.55. The van der Waals surface area contributed by atoms with E-state index in [0.717, 1.165) is 11.8 Å². The van der Waals surface area contributed by atoms with Crippen LogP contribution in [0.15, 0.2) is 33.9 Å². The van der Waals surface area contributed by atoms with Gasteiger partial charge in [0.2, 0.25) is 5.89 Å². The van der Waals surface area contributed by atoms with Gasteiger partial charge in [0.15, 0.2) is 0 Å². The third kappa shape index (κ3) is 3.78. The van der Waals surface area contributed by atoms with Crippen LogP contribution in [-0.2, 0) is 9.53 Å². The molecule has 100 valence electrons. The maximum Gasteiger partial charge on any atom is 0.316 e. The van der Waals surface area contributed by atoms with E-state index in [2.05, 4.69) is 10.2 Å². The second-order valence-electron chi connectivity index (χ2n) is 3.47. The highest BCUT2D eigenvalue weighted by atomic mass is 32.2. The molecule has 0 amide bonds. The molecule has 0 aliphatic heterocycles. The van der Waals surface area contributed by atoms with Crippen molar-refractivity contribution < 1.29 is 18.3 Å². The number of hydrogen-bond donors (Lipinski definition) is 0. The summed E-state index contributed by atoms with van der Waals surface area (Å²) in [6.45, 7) is 2.08. The highest BCUT2D eigenvalue weighted by Crippen LogP contribution is 2.23.